The van der Waals surface area contributed by atoms with E-state index >= 15 is 0 Å². The molecule has 19 heteroatoms. The number of phenolic OH excluding ortho intramolecular Hbond substituents is 1. The summed E-state index contributed by atoms with van der Waals surface area (Å²) in [6.45, 7) is 0.250. The topological polar surface area (TPSA) is 241 Å². The molecule has 48 heavy (non-hydrogen) atoms. The van der Waals surface area contributed by atoms with Crippen LogP contribution >= 0.6 is 23.1 Å². The van der Waals surface area contributed by atoms with Crippen molar-refractivity contribution in [1.82, 2.24) is 20.2 Å². The van der Waals surface area contributed by atoms with Crippen molar-refractivity contribution in [3.05, 3.63) is 93.1 Å². The molecule has 0 aliphatic carbocycles. The molecule has 1 aromatic carbocycles. The summed E-state index contributed by atoms with van der Waals surface area (Å²) < 4.78 is 1.79. The van der Waals surface area contributed by atoms with Crippen molar-refractivity contribution in [2.24, 2.45) is 5.16 Å². The Kier molecular flexibility index (Phi) is 10.2. The Bertz CT molecular complexity index is 2080. The van der Waals surface area contributed by atoms with Gasteiger partial charge in [-0.3, -0.25) is 19.3 Å². The number of β-lactam (4-membered cyclic amide) rings is 1. The number of aromatic nitrogens is 3. The Morgan fingerprint density at radius 2 is 1.94 bits per heavy atom. The molecule has 1 unspecified atom stereocenters. The zero-order valence-corrected chi connectivity index (χ0v) is 28.5. The molecule has 1 saturated heterocycles. The zero-order valence-electron chi connectivity index (χ0n) is 25.9. The summed E-state index contributed by atoms with van der Waals surface area (Å²) in [6.07, 6.45) is 1.73. The number of fused-ring (bicyclic) bond motifs is 2. The second kappa shape index (κ2) is 14.2. The number of aromatic hydroxyl groups is 1. The first kappa shape index (κ1) is 34.6. The number of carboxylic acid groups (broad SMARTS) is 2. The summed E-state index contributed by atoms with van der Waals surface area (Å²) in [5, 5.41) is 37.5. The molecule has 0 radical (unpaired) electrons. The van der Waals surface area contributed by atoms with Crippen LogP contribution in [0, 0.1) is 0 Å². The smallest absolute Gasteiger partial charge is 1.00 e. The van der Waals surface area contributed by atoms with Crippen molar-refractivity contribution in [1.29, 1.82) is 0 Å². The van der Waals surface area contributed by atoms with E-state index in [9.17, 15) is 39.3 Å². The van der Waals surface area contributed by atoms with Gasteiger partial charge < -0.3 is 37.6 Å². The van der Waals surface area contributed by atoms with Gasteiger partial charge in [-0.25, -0.2) is 19.1 Å². The van der Waals surface area contributed by atoms with Gasteiger partial charge in [0.1, 0.15) is 28.6 Å². The number of thioether (sulfide) groups is 1. The molecular formula is C29H25N7NaO9S2+. The fourth-order valence-corrected chi connectivity index (χ4v) is 7.09. The van der Waals surface area contributed by atoms with Gasteiger partial charge in [0.25, 0.3) is 11.8 Å². The van der Waals surface area contributed by atoms with Gasteiger partial charge in [-0.05, 0) is 12.1 Å². The van der Waals surface area contributed by atoms with Crippen LogP contribution in [-0.2, 0) is 30.6 Å². The predicted octanol–water partition coefficient (Wildman–Crippen LogP) is -2.34. The molecule has 0 saturated carbocycles. The van der Waals surface area contributed by atoms with Crippen LogP contribution < -0.4 is 50.7 Å². The fourth-order valence-electron chi connectivity index (χ4n) is 5.20. The number of nitrogens with two attached hydrogens (primary N) is 1. The van der Waals surface area contributed by atoms with Crippen LogP contribution in [0.15, 0.2) is 81.5 Å². The van der Waals surface area contributed by atoms with E-state index < -0.39 is 52.5 Å². The van der Waals surface area contributed by atoms with Crippen LogP contribution in [0.3, 0.4) is 0 Å². The summed E-state index contributed by atoms with van der Waals surface area (Å²) in [5.74, 6) is -4.43. The van der Waals surface area contributed by atoms with Crippen molar-refractivity contribution < 1.29 is 74.9 Å². The number of carbonyl (C=O) groups is 4. The molecule has 5 heterocycles. The van der Waals surface area contributed by atoms with Gasteiger partial charge in [0.15, 0.2) is 29.8 Å². The second-order valence-electron chi connectivity index (χ2n) is 10.3. The number of aliphatic carboxylic acids is 2. The molecule has 16 nitrogen and oxygen atoms in total. The minimum absolute atomic E-state index is 0. The molecule has 0 spiro atoms. The van der Waals surface area contributed by atoms with Gasteiger partial charge in [-0.2, -0.15) is 0 Å². The summed E-state index contributed by atoms with van der Waals surface area (Å²) in [4.78, 5) is 76.3. The molecular weight excluding hydrogens is 677 g/mol. The molecule has 0 bridgehead atoms. The Morgan fingerprint density at radius 3 is 2.60 bits per heavy atom. The average molecular weight is 703 g/mol. The third-order valence-corrected chi connectivity index (χ3v) is 9.34. The van der Waals surface area contributed by atoms with Gasteiger partial charge in [-0.15, -0.1) is 23.1 Å². The van der Waals surface area contributed by atoms with Crippen molar-refractivity contribution in [2.45, 2.75) is 24.1 Å². The van der Waals surface area contributed by atoms with Gasteiger partial charge in [0.2, 0.25) is 11.7 Å². The van der Waals surface area contributed by atoms with Crippen molar-refractivity contribution in [3.63, 3.8) is 0 Å². The molecule has 4 aromatic rings. The first-order chi connectivity index (χ1) is 22.5. The molecule has 2 aliphatic rings. The van der Waals surface area contributed by atoms with Gasteiger partial charge >= 0.3 is 41.5 Å². The molecule has 1 fully saturated rings. The number of oxime groups is 1. The molecule has 2 aliphatic heterocycles. The molecule has 242 valence electrons. The van der Waals surface area contributed by atoms with Crippen molar-refractivity contribution >= 4 is 68.6 Å². The molecule has 3 atom stereocenters. The third-order valence-electron chi connectivity index (χ3n) is 7.33. The SMILES string of the molecule is Nc1nc(/C(=N/OC(C(=O)O)c2ccc(O)c3[nH]c(=O)ccc23)C(=O)N[C@@H]2C(=O)N3C(C(=O)O)=C(C[n+]4ccccc4)CS[C@H]23)cs1.[H-].[Na+]. The number of thiazole rings is 1. The number of phenols is 1. The van der Waals surface area contributed by atoms with Crippen LogP contribution in [0.4, 0.5) is 5.13 Å². The number of nitrogens with zero attached hydrogens (tertiary/aromatic N) is 4. The third kappa shape index (κ3) is 6.65. The van der Waals surface area contributed by atoms with E-state index in [1.165, 1.54) is 35.3 Å². The van der Waals surface area contributed by atoms with E-state index in [0.29, 0.717) is 5.57 Å². The van der Waals surface area contributed by atoms with Crippen LogP contribution in [0.25, 0.3) is 10.9 Å². The summed E-state index contributed by atoms with van der Waals surface area (Å²) >= 11 is 2.25. The van der Waals surface area contributed by atoms with E-state index in [2.05, 4.69) is 20.4 Å². The Labute approximate surface area is 301 Å². The molecule has 6 rings (SSSR count). The average Bonchev–Trinajstić information content (AvgIpc) is 3.48. The van der Waals surface area contributed by atoms with Gasteiger partial charge in [-0.1, -0.05) is 17.3 Å². The second-order valence-corrected chi connectivity index (χ2v) is 12.3. The quantitative estimate of drug-likeness (QED) is 0.0335. The largest absolute Gasteiger partial charge is 1.00 e. The number of pyridine rings is 2. The normalized spacial score (nSPS) is 18.0. The number of amides is 2. The van der Waals surface area contributed by atoms with Crippen LogP contribution in [0.2, 0.25) is 0 Å². The number of rotatable bonds is 10. The fraction of sp³-hybridized carbons (Fsp3) is 0.172. The van der Waals surface area contributed by atoms with Gasteiger partial charge in [0.05, 0.1) is 5.52 Å². The summed E-state index contributed by atoms with van der Waals surface area (Å²) in [6, 6.07) is 9.17. The first-order valence-electron chi connectivity index (χ1n) is 13.7. The minimum atomic E-state index is -1.82. The summed E-state index contributed by atoms with van der Waals surface area (Å²) in [7, 11) is 0. The van der Waals surface area contributed by atoms with E-state index in [-0.39, 0.29) is 82.0 Å². The number of nitrogens with one attached hydrogen (secondary N) is 2. The number of hydrogen-bond donors (Lipinski definition) is 6. The molecule has 3 aromatic heterocycles. The Morgan fingerprint density at radius 1 is 1.19 bits per heavy atom. The molecule has 7 N–H and O–H groups in total. The van der Waals surface area contributed by atoms with Crippen LogP contribution in [0.5, 0.6) is 5.75 Å². The van der Waals surface area contributed by atoms with Gasteiger partial charge in [0, 0.05) is 45.9 Å². The number of carbonyl (C=O) groups excluding carboxylic acids is 2. The number of benzene rings is 1. The number of hydrogen-bond acceptors (Lipinski definition) is 12. The van der Waals surface area contributed by atoms with Crippen molar-refractivity contribution in [3.8, 4) is 5.75 Å². The van der Waals surface area contributed by atoms with E-state index in [1.807, 2.05) is 6.07 Å². The van der Waals surface area contributed by atoms with Crippen LogP contribution in [0.1, 0.15) is 18.8 Å². The number of H-pyrrole nitrogens is 1. The Hall–Kier alpha value is -4.75. The number of anilines is 1. The monoisotopic (exact) mass is 702 g/mol. The number of carboxylic acids is 2. The maximum atomic E-state index is 13.6. The predicted molar refractivity (Wildman–Crippen MR) is 168 cm³/mol. The maximum absolute atomic E-state index is 13.6. The summed E-state index contributed by atoms with van der Waals surface area (Å²) in [5.41, 5.74) is 5.01. The molecule has 2 amide bonds. The van der Waals surface area contributed by atoms with E-state index in [1.54, 1.807) is 29.1 Å². The standard InChI is InChI=1S/C29H23N7O9S2.Na.H/c30-29-31-16(12-47-29)20(34-45-23(28(43)44)15-4-6-17(37)19-14(15)5-7-18(38)32-19)24(39)33-21-25(40)36-22(27(41)42)13(11-46-26(21)36)10-35-8-2-1-3-9-35;;/h1-9,12,21,23,26H,10-11H2,(H6-,30,31,32,33,34,37,38,39,41,42,43,44);;/q;+1;-1/p+1/t21-,23?,26-;;/m1../s1. The number of aromatic amines is 1. The van der Waals surface area contributed by atoms with Crippen molar-refractivity contribution in [2.75, 3.05) is 11.5 Å². The minimum Gasteiger partial charge on any atom is -1.00 e. The van der Waals surface area contributed by atoms with Crippen LogP contribution in [-0.4, -0.2) is 76.8 Å². The first-order valence-corrected chi connectivity index (χ1v) is 15.6. The van der Waals surface area contributed by atoms with E-state index in [0.717, 1.165) is 22.3 Å². The maximum Gasteiger partial charge on any atom is 1.00 e. The Balaban J connectivity index is 0.00000270. The van der Waals surface area contributed by atoms with E-state index in [4.69, 9.17) is 10.6 Å². The zero-order chi connectivity index (χ0) is 33.4. The number of nitrogen functional groups attached to an aromatic ring is 1.